The number of anilines is 1. The van der Waals surface area contributed by atoms with Gasteiger partial charge in [0.1, 0.15) is 6.04 Å². The van der Waals surface area contributed by atoms with Crippen molar-refractivity contribution in [3.8, 4) is 5.88 Å². The maximum atomic E-state index is 11.3. The molecule has 0 saturated carbocycles. The molecule has 1 aromatic heterocycles. The lowest BCUT2D eigenvalue weighted by molar-refractivity contribution is -0.138. The van der Waals surface area contributed by atoms with Crippen LogP contribution >= 0.6 is 11.8 Å². The second-order valence-electron chi connectivity index (χ2n) is 4.20. The lowest BCUT2D eigenvalue weighted by Crippen LogP contribution is -2.48. The highest BCUT2D eigenvalue weighted by atomic mass is 32.2. The number of aryl methyl sites for hydroxylation is 1. The first-order valence-corrected chi connectivity index (χ1v) is 7.33. The summed E-state index contributed by atoms with van der Waals surface area (Å²) in [6, 6.07) is 1.18. The van der Waals surface area contributed by atoms with Gasteiger partial charge in [0, 0.05) is 29.8 Å². The Morgan fingerprint density at radius 1 is 1.63 bits per heavy atom. The Hall–Kier alpha value is -1.50. The normalized spacial score (nSPS) is 19.3. The van der Waals surface area contributed by atoms with Crippen LogP contribution in [0.1, 0.15) is 12.6 Å². The third-order valence-electron chi connectivity index (χ3n) is 2.78. The van der Waals surface area contributed by atoms with Gasteiger partial charge in [0.05, 0.1) is 6.61 Å². The smallest absolute Gasteiger partial charge is 0.327 e. The van der Waals surface area contributed by atoms with Gasteiger partial charge < -0.3 is 14.7 Å². The zero-order valence-electron chi connectivity index (χ0n) is 11.0. The summed E-state index contributed by atoms with van der Waals surface area (Å²) in [5.74, 6) is 1.53. The molecule has 0 aliphatic carbocycles. The number of aromatic nitrogens is 2. The Balaban J connectivity index is 2.30. The first kappa shape index (κ1) is 13.9. The van der Waals surface area contributed by atoms with Crippen molar-refractivity contribution in [1.82, 2.24) is 9.97 Å². The number of hydrogen-bond donors (Lipinski definition) is 1. The molecule has 7 heteroatoms. The minimum atomic E-state index is -0.838. The fourth-order valence-electron chi connectivity index (χ4n) is 1.92. The fraction of sp³-hybridized carbons (Fsp3) is 0.583. The van der Waals surface area contributed by atoms with Gasteiger partial charge in [0.25, 0.3) is 0 Å². The minimum Gasteiger partial charge on any atom is -0.480 e. The monoisotopic (exact) mass is 283 g/mol. The van der Waals surface area contributed by atoms with E-state index in [0.717, 1.165) is 11.4 Å². The standard InChI is InChI=1S/C12H17N3O3S/c1-3-18-10-6-8(2)13-12(14-10)15-4-5-19-7-9(15)11(16)17/h6,9H,3-5,7H2,1-2H3,(H,16,17). The Bertz CT molecular complexity index is 470. The molecular formula is C12H17N3O3S. The van der Waals surface area contributed by atoms with Crippen LogP contribution in [0.15, 0.2) is 6.07 Å². The highest BCUT2D eigenvalue weighted by Crippen LogP contribution is 2.23. The minimum absolute atomic E-state index is 0.441. The second kappa shape index (κ2) is 6.10. The summed E-state index contributed by atoms with van der Waals surface area (Å²) < 4.78 is 5.38. The predicted molar refractivity (Wildman–Crippen MR) is 74.0 cm³/mol. The molecule has 104 valence electrons. The van der Waals surface area contributed by atoms with Gasteiger partial charge in [-0.15, -0.1) is 0 Å². The fourth-order valence-corrected chi connectivity index (χ4v) is 2.96. The van der Waals surface area contributed by atoms with Crippen LogP contribution in [0.3, 0.4) is 0 Å². The van der Waals surface area contributed by atoms with Crippen LogP contribution in [0.2, 0.25) is 0 Å². The summed E-state index contributed by atoms with van der Waals surface area (Å²) in [5, 5.41) is 9.27. The van der Waals surface area contributed by atoms with Crippen molar-refractivity contribution in [2.45, 2.75) is 19.9 Å². The quantitative estimate of drug-likeness (QED) is 0.889. The van der Waals surface area contributed by atoms with E-state index in [1.54, 1.807) is 22.7 Å². The number of ether oxygens (including phenoxy) is 1. The molecule has 0 radical (unpaired) electrons. The molecule has 1 unspecified atom stereocenters. The van der Waals surface area contributed by atoms with Crippen LogP contribution in [-0.2, 0) is 4.79 Å². The molecule has 1 saturated heterocycles. The molecule has 2 rings (SSSR count). The highest BCUT2D eigenvalue weighted by molar-refractivity contribution is 7.99. The number of carbonyl (C=O) groups is 1. The topological polar surface area (TPSA) is 75.5 Å². The Labute approximate surface area is 116 Å². The number of hydrogen-bond acceptors (Lipinski definition) is 6. The molecule has 1 atom stereocenters. The molecule has 0 spiro atoms. The summed E-state index contributed by atoms with van der Waals surface area (Å²) in [6.45, 7) is 4.89. The van der Waals surface area contributed by atoms with Crippen molar-refractivity contribution in [2.75, 3.05) is 29.6 Å². The van der Waals surface area contributed by atoms with Crippen LogP contribution in [0.25, 0.3) is 0 Å². The lowest BCUT2D eigenvalue weighted by atomic mass is 10.3. The van der Waals surface area contributed by atoms with E-state index >= 15 is 0 Å². The second-order valence-corrected chi connectivity index (χ2v) is 5.35. The Kier molecular flexibility index (Phi) is 4.47. The van der Waals surface area contributed by atoms with E-state index in [2.05, 4.69) is 9.97 Å². The average Bonchev–Trinajstić information content (AvgIpc) is 2.38. The van der Waals surface area contributed by atoms with Crippen molar-refractivity contribution in [3.63, 3.8) is 0 Å². The van der Waals surface area contributed by atoms with Gasteiger partial charge in [-0.1, -0.05) is 0 Å². The summed E-state index contributed by atoms with van der Waals surface area (Å²) in [6.07, 6.45) is 0. The van der Waals surface area contributed by atoms with Crippen LogP contribution in [0, 0.1) is 6.92 Å². The lowest BCUT2D eigenvalue weighted by Gasteiger charge is -2.32. The zero-order chi connectivity index (χ0) is 13.8. The van der Waals surface area contributed by atoms with Crippen LogP contribution < -0.4 is 9.64 Å². The van der Waals surface area contributed by atoms with Crippen molar-refractivity contribution < 1.29 is 14.6 Å². The molecule has 0 amide bonds. The largest absolute Gasteiger partial charge is 0.480 e. The summed E-state index contributed by atoms with van der Waals surface area (Å²) in [5.41, 5.74) is 0.774. The Morgan fingerprint density at radius 3 is 3.11 bits per heavy atom. The molecule has 1 fully saturated rings. The van der Waals surface area contributed by atoms with Crippen LogP contribution in [0.5, 0.6) is 5.88 Å². The number of carboxylic acid groups (broad SMARTS) is 1. The van der Waals surface area contributed by atoms with Crippen LogP contribution in [-0.4, -0.2) is 51.7 Å². The number of nitrogens with zero attached hydrogens (tertiary/aromatic N) is 3. The molecule has 2 heterocycles. The SMILES string of the molecule is CCOc1cc(C)nc(N2CCSCC2C(=O)O)n1. The predicted octanol–water partition coefficient (Wildman–Crippen LogP) is 1.19. The van der Waals surface area contributed by atoms with Gasteiger partial charge in [0.2, 0.25) is 11.8 Å². The van der Waals surface area contributed by atoms with E-state index in [1.165, 1.54) is 0 Å². The molecule has 1 aromatic rings. The molecular weight excluding hydrogens is 266 g/mol. The molecule has 1 N–H and O–H groups in total. The number of carboxylic acids is 1. The number of aliphatic carboxylic acids is 1. The first-order valence-electron chi connectivity index (χ1n) is 6.17. The van der Waals surface area contributed by atoms with E-state index in [0.29, 0.717) is 30.7 Å². The molecule has 1 aliphatic heterocycles. The first-order chi connectivity index (χ1) is 9.11. The van der Waals surface area contributed by atoms with Crippen molar-refractivity contribution in [3.05, 3.63) is 11.8 Å². The van der Waals surface area contributed by atoms with Crippen molar-refractivity contribution in [2.24, 2.45) is 0 Å². The molecule has 1 aliphatic rings. The van der Waals surface area contributed by atoms with Gasteiger partial charge in [-0.3, -0.25) is 0 Å². The number of thioether (sulfide) groups is 1. The van der Waals surface area contributed by atoms with Gasteiger partial charge in [-0.25, -0.2) is 9.78 Å². The molecule has 0 aromatic carbocycles. The zero-order valence-corrected chi connectivity index (χ0v) is 11.8. The van der Waals surface area contributed by atoms with E-state index in [9.17, 15) is 9.90 Å². The average molecular weight is 283 g/mol. The van der Waals surface area contributed by atoms with E-state index in [-0.39, 0.29) is 0 Å². The summed E-state index contributed by atoms with van der Waals surface area (Å²) in [4.78, 5) is 21.7. The Morgan fingerprint density at radius 2 is 2.42 bits per heavy atom. The van der Waals surface area contributed by atoms with E-state index in [1.807, 2.05) is 13.8 Å². The third kappa shape index (κ3) is 3.28. The summed E-state index contributed by atoms with van der Waals surface area (Å²) in [7, 11) is 0. The van der Waals surface area contributed by atoms with Crippen molar-refractivity contribution >= 4 is 23.7 Å². The maximum absolute atomic E-state index is 11.3. The third-order valence-corrected chi connectivity index (χ3v) is 3.80. The van der Waals surface area contributed by atoms with Crippen LogP contribution in [0.4, 0.5) is 5.95 Å². The molecule has 0 bridgehead atoms. The van der Waals surface area contributed by atoms with E-state index < -0.39 is 12.0 Å². The number of rotatable bonds is 4. The highest BCUT2D eigenvalue weighted by Gasteiger charge is 2.31. The van der Waals surface area contributed by atoms with Gasteiger partial charge in [-0.05, 0) is 13.8 Å². The molecule has 6 nitrogen and oxygen atoms in total. The van der Waals surface area contributed by atoms with Gasteiger partial charge in [-0.2, -0.15) is 16.7 Å². The van der Waals surface area contributed by atoms with E-state index in [4.69, 9.17) is 4.74 Å². The van der Waals surface area contributed by atoms with Crippen molar-refractivity contribution in [1.29, 1.82) is 0 Å². The maximum Gasteiger partial charge on any atom is 0.327 e. The van der Waals surface area contributed by atoms with Gasteiger partial charge in [0.15, 0.2) is 0 Å². The molecule has 19 heavy (non-hydrogen) atoms. The summed E-state index contributed by atoms with van der Waals surface area (Å²) >= 11 is 1.64. The van der Waals surface area contributed by atoms with Gasteiger partial charge >= 0.3 is 5.97 Å².